The molecule has 0 saturated carbocycles. The standard InChI is InChI=1S/C24H25NO5S/c1-4-29-21-14-12-20(13-15-21)25(31(27,28)22-8-6-5-7-9-22)24(26)17-30-23-16-18(2)10-11-19(23)3/h5-16H,4,17H2,1-3H3. The summed E-state index contributed by atoms with van der Waals surface area (Å²) in [6, 6.07) is 19.8. The third-order valence-corrected chi connectivity index (χ3v) is 6.35. The molecule has 0 saturated heterocycles. The van der Waals surface area contributed by atoms with Gasteiger partial charge in [-0.2, -0.15) is 4.31 Å². The van der Waals surface area contributed by atoms with Crippen molar-refractivity contribution in [2.75, 3.05) is 17.5 Å². The van der Waals surface area contributed by atoms with Crippen molar-refractivity contribution in [3.8, 4) is 11.5 Å². The SMILES string of the molecule is CCOc1ccc(N(C(=O)COc2cc(C)ccc2C)S(=O)(=O)c2ccccc2)cc1. The molecule has 3 aromatic carbocycles. The third-order valence-electron chi connectivity index (χ3n) is 4.58. The van der Waals surface area contributed by atoms with Crippen molar-refractivity contribution in [2.45, 2.75) is 25.7 Å². The van der Waals surface area contributed by atoms with Gasteiger partial charge < -0.3 is 9.47 Å². The van der Waals surface area contributed by atoms with E-state index in [0.717, 1.165) is 15.4 Å². The van der Waals surface area contributed by atoms with Gasteiger partial charge in [0.15, 0.2) is 6.61 Å². The lowest BCUT2D eigenvalue weighted by atomic mass is 10.1. The first-order valence-electron chi connectivity index (χ1n) is 9.89. The predicted molar refractivity (Wildman–Crippen MR) is 120 cm³/mol. The molecule has 0 atom stereocenters. The molecule has 1 amide bonds. The summed E-state index contributed by atoms with van der Waals surface area (Å²) in [5.41, 5.74) is 2.05. The second-order valence-electron chi connectivity index (χ2n) is 6.96. The molecule has 0 aliphatic rings. The van der Waals surface area contributed by atoms with Crippen molar-refractivity contribution in [1.29, 1.82) is 0 Å². The summed E-state index contributed by atoms with van der Waals surface area (Å²) in [6.07, 6.45) is 0. The fraction of sp³-hybridized carbons (Fsp3) is 0.208. The molecule has 0 fully saturated rings. The van der Waals surface area contributed by atoms with E-state index < -0.39 is 22.5 Å². The van der Waals surface area contributed by atoms with E-state index in [1.54, 1.807) is 42.5 Å². The number of carbonyl (C=O) groups is 1. The number of hydrogen-bond donors (Lipinski definition) is 0. The minimum absolute atomic E-state index is 0.0176. The van der Waals surface area contributed by atoms with Gasteiger partial charge in [-0.25, -0.2) is 8.42 Å². The highest BCUT2D eigenvalue weighted by atomic mass is 32.2. The molecule has 0 aromatic heterocycles. The highest BCUT2D eigenvalue weighted by Crippen LogP contribution is 2.27. The van der Waals surface area contributed by atoms with Gasteiger partial charge in [-0.05, 0) is 74.4 Å². The van der Waals surface area contributed by atoms with Crippen LogP contribution in [0.1, 0.15) is 18.1 Å². The van der Waals surface area contributed by atoms with Crippen LogP contribution in [0.2, 0.25) is 0 Å². The number of aryl methyl sites for hydroxylation is 2. The normalized spacial score (nSPS) is 11.1. The van der Waals surface area contributed by atoms with Crippen LogP contribution >= 0.6 is 0 Å². The molecule has 6 nitrogen and oxygen atoms in total. The second-order valence-corrected chi connectivity index (χ2v) is 8.75. The van der Waals surface area contributed by atoms with Crippen LogP contribution in [-0.2, 0) is 14.8 Å². The van der Waals surface area contributed by atoms with Gasteiger partial charge in [0.2, 0.25) is 0 Å². The van der Waals surface area contributed by atoms with E-state index in [1.165, 1.54) is 12.1 Å². The molecule has 162 valence electrons. The van der Waals surface area contributed by atoms with Gasteiger partial charge in [-0.3, -0.25) is 4.79 Å². The van der Waals surface area contributed by atoms with Crippen molar-refractivity contribution in [2.24, 2.45) is 0 Å². The zero-order valence-corrected chi connectivity index (χ0v) is 18.6. The lowest BCUT2D eigenvalue weighted by Gasteiger charge is -2.23. The van der Waals surface area contributed by atoms with Crippen LogP contribution in [0.4, 0.5) is 5.69 Å². The third kappa shape index (κ3) is 5.24. The first-order valence-corrected chi connectivity index (χ1v) is 11.3. The number of nitrogens with zero attached hydrogens (tertiary/aromatic N) is 1. The number of benzene rings is 3. The molecule has 3 rings (SSSR count). The van der Waals surface area contributed by atoms with Gasteiger partial charge in [0.05, 0.1) is 17.2 Å². The summed E-state index contributed by atoms with van der Waals surface area (Å²) in [4.78, 5) is 13.2. The number of hydrogen-bond acceptors (Lipinski definition) is 5. The summed E-state index contributed by atoms with van der Waals surface area (Å²) in [6.45, 7) is 5.69. The first kappa shape index (κ1) is 22.4. The maximum absolute atomic E-state index is 13.3. The van der Waals surface area contributed by atoms with Crippen molar-refractivity contribution in [3.05, 3.63) is 83.9 Å². The molecule has 3 aromatic rings. The van der Waals surface area contributed by atoms with Gasteiger partial charge in [-0.15, -0.1) is 0 Å². The molecule has 0 bridgehead atoms. The van der Waals surface area contributed by atoms with Gasteiger partial charge in [0.25, 0.3) is 15.9 Å². The Balaban J connectivity index is 1.95. The molecule has 7 heteroatoms. The Morgan fingerprint density at radius 3 is 2.23 bits per heavy atom. The lowest BCUT2D eigenvalue weighted by molar-refractivity contribution is -0.119. The topological polar surface area (TPSA) is 72.9 Å². The van der Waals surface area contributed by atoms with Crippen molar-refractivity contribution < 1.29 is 22.7 Å². The number of anilines is 1. The van der Waals surface area contributed by atoms with Gasteiger partial charge in [0, 0.05) is 0 Å². The van der Waals surface area contributed by atoms with Crippen molar-refractivity contribution in [1.82, 2.24) is 0 Å². The van der Waals surface area contributed by atoms with Crippen LogP contribution in [0.15, 0.2) is 77.7 Å². The Kier molecular flexibility index (Phi) is 6.97. The number of ether oxygens (including phenoxy) is 2. The fourth-order valence-corrected chi connectivity index (χ4v) is 4.45. The number of rotatable bonds is 8. The monoisotopic (exact) mass is 439 g/mol. The second kappa shape index (κ2) is 9.66. The van der Waals surface area contributed by atoms with E-state index in [9.17, 15) is 13.2 Å². The summed E-state index contributed by atoms with van der Waals surface area (Å²) in [7, 11) is -4.14. The molecule has 31 heavy (non-hydrogen) atoms. The van der Waals surface area contributed by atoms with E-state index in [4.69, 9.17) is 9.47 Å². The van der Waals surface area contributed by atoms with E-state index in [-0.39, 0.29) is 10.6 Å². The van der Waals surface area contributed by atoms with Gasteiger partial charge in [-0.1, -0.05) is 30.3 Å². The molecule has 0 N–H and O–H groups in total. The maximum Gasteiger partial charge on any atom is 0.278 e. The van der Waals surface area contributed by atoms with Crippen LogP contribution in [0.3, 0.4) is 0 Å². The van der Waals surface area contributed by atoms with E-state index in [2.05, 4.69) is 0 Å². The Bertz CT molecular complexity index is 1140. The van der Waals surface area contributed by atoms with Crippen LogP contribution < -0.4 is 13.8 Å². The number of sulfonamides is 1. The van der Waals surface area contributed by atoms with Crippen molar-refractivity contribution >= 4 is 21.6 Å². The molecule has 0 unspecified atom stereocenters. The van der Waals surface area contributed by atoms with Gasteiger partial charge in [0.1, 0.15) is 11.5 Å². The van der Waals surface area contributed by atoms with Gasteiger partial charge >= 0.3 is 0 Å². The fourth-order valence-electron chi connectivity index (χ4n) is 3.02. The van der Waals surface area contributed by atoms with E-state index in [1.807, 2.05) is 39.0 Å². The summed E-state index contributed by atoms with van der Waals surface area (Å²) in [5, 5.41) is 0. The molecule has 0 spiro atoms. The smallest absolute Gasteiger partial charge is 0.278 e. The lowest BCUT2D eigenvalue weighted by Crippen LogP contribution is -2.40. The Morgan fingerprint density at radius 1 is 0.903 bits per heavy atom. The zero-order chi connectivity index (χ0) is 22.4. The Morgan fingerprint density at radius 2 is 1.58 bits per heavy atom. The van der Waals surface area contributed by atoms with Crippen molar-refractivity contribution in [3.63, 3.8) is 0 Å². The van der Waals surface area contributed by atoms with Crippen LogP contribution in [0, 0.1) is 13.8 Å². The molecule has 0 radical (unpaired) electrons. The quantitative estimate of drug-likeness (QED) is 0.517. The number of carbonyl (C=O) groups excluding carboxylic acids is 1. The minimum Gasteiger partial charge on any atom is -0.494 e. The molecule has 0 aliphatic carbocycles. The summed E-state index contributed by atoms with van der Waals surface area (Å²) in [5.74, 6) is 0.424. The largest absolute Gasteiger partial charge is 0.494 e. The summed E-state index contributed by atoms with van der Waals surface area (Å²) >= 11 is 0. The zero-order valence-electron chi connectivity index (χ0n) is 17.7. The average molecular weight is 440 g/mol. The van der Waals surface area contributed by atoms with E-state index >= 15 is 0 Å². The molecule has 0 heterocycles. The number of amides is 1. The van der Waals surface area contributed by atoms with E-state index in [0.29, 0.717) is 18.1 Å². The minimum atomic E-state index is -4.14. The maximum atomic E-state index is 13.3. The highest BCUT2D eigenvalue weighted by Gasteiger charge is 2.31. The average Bonchev–Trinajstić information content (AvgIpc) is 2.76. The molecular formula is C24H25NO5S. The highest BCUT2D eigenvalue weighted by molar-refractivity contribution is 7.93. The first-order chi connectivity index (χ1) is 14.8. The molecular weight excluding hydrogens is 414 g/mol. The van der Waals surface area contributed by atoms with Crippen LogP contribution in [-0.4, -0.2) is 27.5 Å². The van der Waals surface area contributed by atoms with Crippen LogP contribution in [0.25, 0.3) is 0 Å². The predicted octanol–water partition coefficient (Wildman–Crippen LogP) is 4.50. The van der Waals surface area contributed by atoms with Crippen LogP contribution in [0.5, 0.6) is 11.5 Å². The summed E-state index contributed by atoms with van der Waals surface area (Å²) < 4.78 is 38.6. The Labute approximate surface area is 183 Å². The Hall–Kier alpha value is -3.32. The molecule has 0 aliphatic heterocycles.